The Kier molecular flexibility index (Phi) is 6.41. The average molecular weight is 306 g/mol. The molecule has 19 heavy (non-hydrogen) atoms. The van der Waals surface area contributed by atoms with E-state index in [9.17, 15) is 8.42 Å². The second-order valence-corrected chi connectivity index (χ2v) is 7.52. The van der Waals surface area contributed by atoms with Gasteiger partial charge in [0.25, 0.3) is 10.0 Å². The molecule has 0 spiro atoms. The maximum absolute atomic E-state index is 12.4. The summed E-state index contributed by atoms with van der Waals surface area (Å²) in [7, 11) is -0.268. The van der Waals surface area contributed by atoms with Crippen LogP contribution < -0.4 is 5.32 Å². The van der Waals surface area contributed by atoms with E-state index in [0.717, 1.165) is 12.1 Å². The third-order valence-corrected chi connectivity index (χ3v) is 6.31. The van der Waals surface area contributed by atoms with Crippen LogP contribution in [-0.2, 0) is 21.3 Å². The number of likely N-dealkylation sites (N-methyl/N-ethyl adjacent to an activating group) is 1. The Hall–Kier alpha value is -0.470. The first kappa shape index (κ1) is 16.6. The van der Waals surface area contributed by atoms with Crippen molar-refractivity contribution in [2.75, 3.05) is 27.3 Å². The Balaban J connectivity index is 2.84. The fourth-order valence-corrected chi connectivity index (χ4v) is 4.32. The standard InChI is InChI=1S/C12H22N2O3S2/c1-5-13-7-11-6-12(18-9-11)19(15,16)14(3)10(2)8-17-4/h6,9-10,13H,5,7-8H2,1-4H3. The molecule has 1 aromatic heterocycles. The molecule has 1 N–H and O–H groups in total. The van der Waals surface area contributed by atoms with Gasteiger partial charge in [0.15, 0.2) is 0 Å². The molecule has 0 saturated heterocycles. The molecule has 1 rings (SSSR count). The van der Waals surface area contributed by atoms with Crippen LogP contribution in [0.1, 0.15) is 19.4 Å². The van der Waals surface area contributed by atoms with E-state index in [-0.39, 0.29) is 6.04 Å². The topological polar surface area (TPSA) is 58.6 Å². The molecule has 1 atom stereocenters. The molecule has 0 aliphatic carbocycles. The summed E-state index contributed by atoms with van der Waals surface area (Å²) in [4.78, 5) is 0. The van der Waals surface area contributed by atoms with Gasteiger partial charge in [0.1, 0.15) is 4.21 Å². The average Bonchev–Trinajstić information content (AvgIpc) is 2.85. The predicted molar refractivity (Wildman–Crippen MR) is 78.0 cm³/mol. The summed E-state index contributed by atoms with van der Waals surface area (Å²) in [6.07, 6.45) is 0. The number of rotatable bonds is 8. The highest BCUT2D eigenvalue weighted by molar-refractivity contribution is 7.91. The Bertz CT molecular complexity index is 485. The molecule has 0 aliphatic heterocycles. The summed E-state index contributed by atoms with van der Waals surface area (Å²) in [5.74, 6) is 0. The van der Waals surface area contributed by atoms with Gasteiger partial charge in [-0.25, -0.2) is 8.42 Å². The van der Waals surface area contributed by atoms with Gasteiger partial charge in [-0.15, -0.1) is 11.3 Å². The fraction of sp³-hybridized carbons (Fsp3) is 0.667. The first-order valence-electron chi connectivity index (χ1n) is 6.18. The molecular formula is C12H22N2O3S2. The van der Waals surface area contributed by atoms with Crippen molar-refractivity contribution in [1.82, 2.24) is 9.62 Å². The third-order valence-electron chi connectivity index (χ3n) is 2.87. The summed E-state index contributed by atoms with van der Waals surface area (Å²) < 4.78 is 31.5. The smallest absolute Gasteiger partial charge is 0.252 e. The van der Waals surface area contributed by atoms with Gasteiger partial charge in [0.2, 0.25) is 0 Å². The lowest BCUT2D eigenvalue weighted by Gasteiger charge is -2.22. The SMILES string of the molecule is CCNCc1csc(S(=O)(=O)N(C)C(C)COC)c1. The lowest BCUT2D eigenvalue weighted by atomic mass is 10.3. The maximum atomic E-state index is 12.4. The lowest BCUT2D eigenvalue weighted by molar-refractivity contribution is 0.149. The zero-order valence-corrected chi connectivity index (χ0v) is 13.5. The molecular weight excluding hydrogens is 284 g/mol. The molecule has 110 valence electrons. The van der Waals surface area contributed by atoms with E-state index in [2.05, 4.69) is 5.32 Å². The van der Waals surface area contributed by atoms with Crippen LogP contribution in [0, 0.1) is 0 Å². The maximum Gasteiger partial charge on any atom is 0.252 e. The van der Waals surface area contributed by atoms with E-state index in [1.54, 1.807) is 20.2 Å². The Morgan fingerprint density at radius 2 is 2.21 bits per heavy atom. The first-order valence-corrected chi connectivity index (χ1v) is 8.50. The molecule has 0 fully saturated rings. The van der Waals surface area contributed by atoms with Crippen molar-refractivity contribution < 1.29 is 13.2 Å². The van der Waals surface area contributed by atoms with Gasteiger partial charge in [0, 0.05) is 26.7 Å². The van der Waals surface area contributed by atoms with Crippen LogP contribution in [-0.4, -0.2) is 46.1 Å². The molecule has 0 aromatic carbocycles. The van der Waals surface area contributed by atoms with E-state index in [4.69, 9.17) is 4.74 Å². The molecule has 7 heteroatoms. The highest BCUT2D eigenvalue weighted by Crippen LogP contribution is 2.24. The lowest BCUT2D eigenvalue weighted by Crippen LogP contribution is -2.37. The number of hydrogen-bond donors (Lipinski definition) is 1. The van der Waals surface area contributed by atoms with E-state index in [1.165, 1.54) is 15.6 Å². The van der Waals surface area contributed by atoms with E-state index < -0.39 is 10.0 Å². The molecule has 1 heterocycles. The monoisotopic (exact) mass is 306 g/mol. The minimum Gasteiger partial charge on any atom is -0.383 e. The quantitative estimate of drug-likeness (QED) is 0.791. The Labute approximate surface area is 119 Å². The summed E-state index contributed by atoms with van der Waals surface area (Å²) in [5, 5.41) is 5.06. The van der Waals surface area contributed by atoms with Crippen LogP contribution in [0.25, 0.3) is 0 Å². The number of methoxy groups -OCH3 is 1. The van der Waals surface area contributed by atoms with Gasteiger partial charge in [0.05, 0.1) is 6.61 Å². The van der Waals surface area contributed by atoms with Crippen LogP contribution in [0.2, 0.25) is 0 Å². The van der Waals surface area contributed by atoms with E-state index in [0.29, 0.717) is 17.4 Å². The van der Waals surface area contributed by atoms with Gasteiger partial charge in [-0.2, -0.15) is 4.31 Å². The molecule has 0 radical (unpaired) electrons. The Morgan fingerprint density at radius 3 is 2.79 bits per heavy atom. The van der Waals surface area contributed by atoms with Crippen LogP contribution >= 0.6 is 11.3 Å². The summed E-state index contributed by atoms with van der Waals surface area (Å²) in [5.41, 5.74) is 0.998. The van der Waals surface area contributed by atoms with Crippen LogP contribution in [0.3, 0.4) is 0 Å². The minimum absolute atomic E-state index is 0.186. The van der Waals surface area contributed by atoms with Crippen LogP contribution in [0.4, 0.5) is 0 Å². The normalized spacial score (nSPS) is 13.9. The number of thiophene rings is 1. The summed E-state index contributed by atoms with van der Waals surface area (Å²) in [6, 6.07) is 1.55. The van der Waals surface area contributed by atoms with Gasteiger partial charge in [-0.05, 0) is 30.5 Å². The zero-order chi connectivity index (χ0) is 14.5. The number of nitrogens with zero attached hydrogens (tertiary/aromatic N) is 1. The second kappa shape index (κ2) is 7.35. The van der Waals surface area contributed by atoms with Crippen LogP contribution in [0.5, 0.6) is 0 Å². The van der Waals surface area contributed by atoms with Crippen molar-refractivity contribution in [1.29, 1.82) is 0 Å². The van der Waals surface area contributed by atoms with Crippen molar-refractivity contribution in [3.05, 3.63) is 17.0 Å². The summed E-state index contributed by atoms with van der Waals surface area (Å²) >= 11 is 1.26. The highest BCUT2D eigenvalue weighted by Gasteiger charge is 2.26. The largest absolute Gasteiger partial charge is 0.383 e. The van der Waals surface area contributed by atoms with Crippen molar-refractivity contribution in [2.24, 2.45) is 0 Å². The van der Waals surface area contributed by atoms with Crippen molar-refractivity contribution in [3.63, 3.8) is 0 Å². The number of sulfonamides is 1. The molecule has 1 unspecified atom stereocenters. The van der Waals surface area contributed by atoms with Crippen molar-refractivity contribution in [3.8, 4) is 0 Å². The van der Waals surface area contributed by atoms with Gasteiger partial charge in [-0.1, -0.05) is 6.92 Å². The summed E-state index contributed by atoms with van der Waals surface area (Å²) in [6.45, 7) is 5.78. The molecule has 0 bridgehead atoms. The number of ether oxygens (including phenoxy) is 1. The number of hydrogen-bond acceptors (Lipinski definition) is 5. The fourth-order valence-electron chi connectivity index (χ4n) is 1.58. The molecule has 1 aromatic rings. The van der Waals surface area contributed by atoms with Gasteiger partial charge < -0.3 is 10.1 Å². The van der Waals surface area contributed by atoms with Gasteiger partial charge >= 0.3 is 0 Å². The first-order chi connectivity index (χ1) is 8.93. The Morgan fingerprint density at radius 1 is 1.53 bits per heavy atom. The molecule has 0 saturated carbocycles. The van der Waals surface area contributed by atoms with Crippen molar-refractivity contribution in [2.45, 2.75) is 30.6 Å². The van der Waals surface area contributed by atoms with E-state index >= 15 is 0 Å². The van der Waals surface area contributed by atoms with E-state index in [1.807, 2.05) is 19.2 Å². The second-order valence-electron chi connectivity index (χ2n) is 4.38. The predicted octanol–water partition coefficient (Wildman–Crippen LogP) is 1.51. The molecule has 0 aliphatic rings. The highest BCUT2D eigenvalue weighted by atomic mass is 32.2. The minimum atomic E-state index is -3.42. The van der Waals surface area contributed by atoms with Gasteiger partial charge in [-0.3, -0.25) is 0 Å². The van der Waals surface area contributed by atoms with Crippen molar-refractivity contribution >= 4 is 21.4 Å². The third kappa shape index (κ3) is 4.25. The van der Waals surface area contributed by atoms with Crippen LogP contribution in [0.15, 0.2) is 15.7 Å². The zero-order valence-electron chi connectivity index (χ0n) is 11.8. The molecule has 0 amide bonds. The molecule has 5 nitrogen and oxygen atoms in total. The number of nitrogens with one attached hydrogen (secondary N) is 1.